The molecule has 4 aromatic carbocycles. The molecule has 0 fully saturated rings. The summed E-state index contributed by atoms with van der Waals surface area (Å²) >= 11 is 0. The quantitative estimate of drug-likeness (QED) is 0.243. The molecule has 1 aromatic heterocycles. The summed E-state index contributed by atoms with van der Waals surface area (Å²) in [7, 11) is -7.40. The van der Waals surface area contributed by atoms with Crippen molar-refractivity contribution in [3.8, 4) is 0 Å². The molecular formula is C27H20ClO6P. The van der Waals surface area contributed by atoms with Gasteiger partial charge >= 0.3 is 5.63 Å². The third kappa shape index (κ3) is 5.50. The first-order valence-electron chi connectivity index (χ1n) is 10.5. The van der Waals surface area contributed by atoms with Crippen molar-refractivity contribution in [3.05, 3.63) is 132 Å². The smallest absolute Gasteiger partial charge is 0.380 e. The van der Waals surface area contributed by atoms with Gasteiger partial charge in [-0.05, 0) is 42.5 Å². The number of para-hydroxylation sites is 1. The van der Waals surface area contributed by atoms with Gasteiger partial charge in [0.25, 0.3) is 0 Å². The fourth-order valence-corrected chi connectivity index (χ4v) is 8.34. The van der Waals surface area contributed by atoms with Crippen molar-refractivity contribution in [2.75, 3.05) is 0 Å². The van der Waals surface area contributed by atoms with Gasteiger partial charge in [0, 0.05) is 11.5 Å². The second kappa shape index (κ2) is 10.5. The lowest BCUT2D eigenvalue weighted by Crippen LogP contribution is -2.68. The third-order valence-corrected chi connectivity index (χ3v) is 9.67. The predicted molar refractivity (Wildman–Crippen MR) is 127 cm³/mol. The molecular weight excluding hydrogens is 487 g/mol. The number of hydrogen-bond donors (Lipinski definition) is 0. The number of halogens is 1. The van der Waals surface area contributed by atoms with E-state index in [0.717, 1.165) is 21.3 Å². The second-order valence-corrected chi connectivity index (χ2v) is 11.6. The Morgan fingerprint density at radius 1 is 0.571 bits per heavy atom. The first-order chi connectivity index (χ1) is 16.8. The topological polar surface area (TPSA) is 122 Å². The minimum atomic E-state index is -4.94. The maximum Gasteiger partial charge on any atom is 0.380 e. The van der Waals surface area contributed by atoms with E-state index < -0.39 is 17.5 Å². The van der Waals surface area contributed by atoms with Gasteiger partial charge in [-0.2, -0.15) is 0 Å². The van der Waals surface area contributed by atoms with Crippen LogP contribution in [-0.4, -0.2) is 0 Å². The van der Waals surface area contributed by atoms with Crippen LogP contribution < -0.4 is 45.5 Å². The summed E-state index contributed by atoms with van der Waals surface area (Å²) < 4.78 is 39.8. The lowest BCUT2D eigenvalue weighted by Gasteiger charge is -2.26. The van der Waals surface area contributed by atoms with Crippen molar-refractivity contribution in [1.82, 2.24) is 0 Å². The lowest BCUT2D eigenvalue weighted by molar-refractivity contribution is -2.00. The molecule has 6 nitrogen and oxygen atoms in total. The Labute approximate surface area is 204 Å². The number of rotatable bonds is 4. The second-order valence-electron chi connectivity index (χ2n) is 7.51. The molecule has 0 atom stereocenters. The number of benzene rings is 4. The van der Waals surface area contributed by atoms with Gasteiger partial charge in [0.05, 0.1) is 0 Å². The van der Waals surface area contributed by atoms with Crippen LogP contribution in [0, 0.1) is 10.2 Å². The van der Waals surface area contributed by atoms with Crippen LogP contribution in [0.4, 0.5) is 0 Å². The zero-order valence-corrected chi connectivity index (χ0v) is 20.0. The molecule has 0 aliphatic carbocycles. The van der Waals surface area contributed by atoms with Crippen LogP contribution >= 0.6 is 7.26 Å². The summed E-state index contributed by atoms with van der Waals surface area (Å²) in [5.74, 6) is 0. The number of hydrogen-bond acceptors (Lipinski definition) is 6. The average Bonchev–Trinajstić information content (AvgIpc) is 2.86. The molecule has 0 amide bonds. The zero-order chi connectivity index (χ0) is 24.9. The predicted octanol–water partition coefficient (Wildman–Crippen LogP) is -0.344. The maximum absolute atomic E-state index is 13.5. The molecule has 0 aliphatic heterocycles. The molecule has 5 aromatic rings. The minimum absolute atomic E-state index is 0.279. The van der Waals surface area contributed by atoms with Crippen molar-refractivity contribution in [1.29, 1.82) is 0 Å². The molecule has 0 aliphatic rings. The van der Waals surface area contributed by atoms with E-state index in [9.17, 15) is 4.79 Å². The van der Waals surface area contributed by atoms with Gasteiger partial charge in [-0.25, -0.2) is 23.4 Å². The fourth-order valence-electron chi connectivity index (χ4n) is 4.10. The molecule has 0 saturated heterocycles. The van der Waals surface area contributed by atoms with E-state index in [4.69, 9.17) is 23.1 Å². The highest BCUT2D eigenvalue weighted by atomic mass is 35.7. The van der Waals surface area contributed by atoms with Gasteiger partial charge in [0.2, 0.25) is 0 Å². The van der Waals surface area contributed by atoms with Crippen molar-refractivity contribution in [2.24, 2.45) is 0 Å². The summed E-state index contributed by atoms with van der Waals surface area (Å²) in [4.78, 5) is 13.5. The summed E-state index contributed by atoms with van der Waals surface area (Å²) in [6, 6.07) is 40.8. The molecule has 0 unspecified atom stereocenters. The van der Waals surface area contributed by atoms with Crippen molar-refractivity contribution in [2.45, 2.75) is 0 Å². The zero-order valence-electron chi connectivity index (χ0n) is 18.3. The monoisotopic (exact) mass is 506 g/mol. The maximum atomic E-state index is 13.5. The molecule has 0 bridgehead atoms. The molecule has 5 rings (SSSR count). The Bertz CT molecular complexity index is 1350. The van der Waals surface area contributed by atoms with Crippen LogP contribution in [-0.2, 0) is 0 Å². The van der Waals surface area contributed by atoms with Crippen molar-refractivity contribution < 1.29 is 33.3 Å². The lowest BCUT2D eigenvalue weighted by atomic mass is 10.2. The van der Waals surface area contributed by atoms with E-state index in [2.05, 4.69) is 36.4 Å². The first kappa shape index (κ1) is 24.8. The highest BCUT2D eigenvalue weighted by Crippen LogP contribution is 2.53. The van der Waals surface area contributed by atoms with E-state index >= 15 is 0 Å². The van der Waals surface area contributed by atoms with E-state index in [1.807, 2.05) is 84.9 Å². The molecule has 0 N–H and O–H groups in total. The van der Waals surface area contributed by atoms with E-state index in [-0.39, 0.29) is 5.63 Å². The summed E-state index contributed by atoms with van der Waals surface area (Å²) in [6.07, 6.45) is 0. The van der Waals surface area contributed by atoms with Gasteiger partial charge in [0.15, 0.2) is 12.6 Å². The standard InChI is InChI=1S/C27H20O2P.ClHO4/c28-27-26(20-21-12-10-11-19-25(21)29-27)30(22-13-4-1-5-14-22,23-15-6-2-7-16-23)24-17-8-3-9-18-24;2-1(3,4)5/h1-20H;(H,2,3,4,5)/q+1;/p-1. The Morgan fingerprint density at radius 2 is 0.943 bits per heavy atom. The van der Waals surface area contributed by atoms with E-state index in [1.165, 1.54) is 0 Å². The first-order valence-corrected chi connectivity index (χ1v) is 13.5. The van der Waals surface area contributed by atoms with Crippen LogP contribution in [0.2, 0.25) is 0 Å². The molecule has 0 radical (unpaired) electrons. The van der Waals surface area contributed by atoms with Crippen LogP contribution in [0.15, 0.2) is 131 Å². The third-order valence-electron chi connectivity index (χ3n) is 5.41. The molecule has 0 saturated carbocycles. The normalized spacial score (nSPS) is 11.5. The van der Waals surface area contributed by atoms with E-state index in [1.54, 1.807) is 0 Å². The van der Waals surface area contributed by atoms with Crippen LogP contribution in [0.3, 0.4) is 0 Å². The highest BCUT2D eigenvalue weighted by Gasteiger charge is 2.50. The van der Waals surface area contributed by atoms with Gasteiger partial charge in [-0.15, -0.1) is 10.2 Å². The SMILES string of the molecule is O=c1oc2ccccc2cc1[P+](c1ccccc1)(c1ccccc1)c1ccccc1.[O-][Cl+3]([O-])([O-])[O-]. The Hall–Kier alpha value is -3.35. The molecule has 0 spiro atoms. The largest absolute Gasteiger partial charge is 0.420 e. The molecule has 8 heteroatoms. The Balaban J connectivity index is 0.000000527. The number of fused-ring (bicyclic) bond motifs is 1. The van der Waals surface area contributed by atoms with Gasteiger partial charge in [-0.3, -0.25) is 0 Å². The fraction of sp³-hybridized carbons (Fsp3) is 0. The van der Waals surface area contributed by atoms with Gasteiger partial charge < -0.3 is 4.42 Å². The van der Waals surface area contributed by atoms with E-state index in [0.29, 0.717) is 10.9 Å². The summed E-state index contributed by atoms with van der Waals surface area (Å²) in [5, 5.41) is 5.03. The summed E-state index contributed by atoms with van der Waals surface area (Å²) in [5.41, 5.74) is 0.331. The highest BCUT2D eigenvalue weighted by molar-refractivity contribution is 8.01. The molecule has 35 heavy (non-hydrogen) atoms. The average molecular weight is 507 g/mol. The van der Waals surface area contributed by atoms with Crippen LogP contribution in [0.5, 0.6) is 0 Å². The van der Waals surface area contributed by atoms with Crippen LogP contribution in [0.1, 0.15) is 0 Å². The van der Waals surface area contributed by atoms with Crippen LogP contribution in [0.25, 0.3) is 11.0 Å². The Morgan fingerprint density at radius 3 is 1.37 bits per heavy atom. The van der Waals surface area contributed by atoms with Gasteiger partial charge in [-0.1, -0.05) is 72.8 Å². The Kier molecular flexibility index (Phi) is 7.43. The summed E-state index contributed by atoms with van der Waals surface area (Å²) in [6.45, 7) is 0. The minimum Gasteiger partial charge on any atom is -0.420 e. The van der Waals surface area contributed by atoms with Gasteiger partial charge in [0.1, 0.15) is 21.5 Å². The molecule has 1 heterocycles. The van der Waals surface area contributed by atoms with Crippen molar-refractivity contribution >= 4 is 39.4 Å². The molecule has 176 valence electrons. The van der Waals surface area contributed by atoms with Crippen molar-refractivity contribution in [3.63, 3.8) is 0 Å².